The summed E-state index contributed by atoms with van der Waals surface area (Å²) < 4.78 is 37.6. The first kappa shape index (κ1) is 21.2. The van der Waals surface area contributed by atoms with Gasteiger partial charge in [-0.15, -0.1) is 0 Å². The van der Waals surface area contributed by atoms with E-state index in [1.165, 1.54) is 6.07 Å². The first-order valence-electron chi connectivity index (χ1n) is 8.89. The van der Waals surface area contributed by atoms with E-state index >= 15 is 0 Å². The highest BCUT2D eigenvalue weighted by Gasteiger charge is 2.34. The van der Waals surface area contributed by atoms with E-state index in [0.717, 1.165) is 18.6 Å². The van der Waals surface area contributed by atoms with E-state index in [9.17, 15) is 13.6 Å². The first-order chi connectivity index (χ1) is 12.9. The molecule has 2 rings (SSSR count). The number of nitrogens with one attached hydrogen (secondary N) is 1. The molecule has 1 aliphatic rings. The molecule has 0 bridgehead atoms. The molecular formula is C19H24F2N2O3S. The Hall–Kier alpha value is -2.06. The maximum absolute atomic E-state index is 13.7. The molecule has 0 aromatic heterocycles. The Kier molecular flexibility index (Phi) is 7.67. The Morgan fingerprint density at radius 3 is 2.63 bits per heavy atom. The van der Waals surface area contributed by atoms with Crippen molar-refractivity contribution in [2.24, 2.45) is 0 Å². The van der Waals surface area contributed by atoms with Gasteiger partial charge in [0, 0.05) is 25.5 Å². The van der Waals surface area contributed by atoms with Crippen molar-refractivity contribution in [1.82, 2.24) is 10.2 Å². The van der Waals surface area contributed by atoms with Gasteiger partial charge in [0.2, 0.25) is 0 Å². The normalized spacial score (nSPS) is 17.1. The van der Waals surface area contributed by atoms with Gasteiger partial charge in [-0.25, -0.2) is 13.6 Å². The number of nitrogens with zero attached hydrogens (tertiary/aromatic N) is 1. The number of thiocarbonyl (C=S) groups is 1. The lowest BCUT2D eigenvalue weighted by Crippen LogP contribution is -2.48. The van der Waals surface area contributed by atoms with Crippen LogP contribution in [-0.2, 0) is 14.3 Å². The quantitative estimate of drug-likeness (QED) is 0.411. The van der Waals surface area contributed by atoms with Gasteiger partial charge in [0.05, 0.1) is 18.2 Å². The highest BCUT2D eigenvalue weighted by molar-refractivity contribution is 7.80. The van der Waals surface area contributed by atoms with Crippen molar-refractivity contribution in [3.8, 4) is 0 Å². The summed E-state index contributed by atoms with van der Waals surface area (Å²) in [4.78, 5) is 14.4. The molecule has 1 heterocycles. The molecular weight excluding hydrogens is 374 g/mol. The fourth-order valence-corrected chi connectivity index (χ4v) is 3.28. The number of allylic oxidation sites excluding steroid dienone is 1. The standard InChI is InChI=1S/C19H24F2N2O3S/c1-4-25-10-6-9-23-12(3)16(18(24)26-5-2)17(22-19(23)27)13-7-8-14(20)15(21)11-13/h7-8,11,17H,4-6,9-10H2,1-3H3,(H,22,27)/t17-/m0/s1. The summed E-state index contributed by atoms with van der Waals surface area (Å²) in [6.45, 7) is 7.37. The van der Waals surface area contributed by atoms with Crippen LogP contribution in [0.3, 0.4) is 0 Å². The van der Waals surface area contributed by atoms with E-state index in [0.29, 0.717) is 41.7 Å². The Labute approximate surface area is 163 Å². The van der Waals surface area contributed by atoms with Crippen molar-refractivity contribution in [2.75, 3.05) is 26.4 Å². The highest BCUT2D eigenvalue weighted by atomic mass is 32.1. The first-order valence-corrected chi connectivity index (χ1v) is 9.30. The minimum atomic E-state index is -0.986. The number of benzene rings is 1. The highest BCUT2D eigenvalue weighted by Crippen LogP contribution is 2.32. The molecule has 0 spiro atoms. The molecule has 1 atom stereocenters. The van der Waals surface area contributed by atoms with Crippen LogP contribution < -0.4 is 5.32 Å². The van der Waals surface area contributed by atoms with Crippen LogP contribution in [0, 0.1) is 11.6 Å². The number of ether oxygens (including phenoxy) is 2. The van der Waals surface area contributed by atoms with E-state index in [1.54, 1.807) is 18.7 Å². The average molecular weight is 398 g/mol. The molecule has 0 radical (unpaired) electrons. The zero-order valence-electron chi connectivity index (χ0n) is 15.7. The monoisotopic (exact) mass is 398 g/mol. The number of halogens is 2. The van der Waals surface area contributed by atoms with Crippen molar-refractivity contribution in [3.63, 3.8) is 0 Å². The topological polar surface area (TPSA) is 50.8 Å². The van der Waals surface area contributed by atoms with Gasteiger partial charge in [0.25, 0.3) is 0 Å². The van der Waals surface area contributed by atoms with Crippen LogP contribution in [0.25, 0.3) is 0 Å². The Bertz CT molecular complexity index is 740. The second-order valence-corrected chi connectivity index (χ2v) is 6.36. The minimum Gasteiger partial charge on any atom is -0.463 e. The summed E-state index contributed by atoms with van der Waals surface area (Å²) in [6.07, 6.45) is 0.721. The molecule has 1 aromatic carbocycles. The molecule has 1 aromatic rings. The number of hydrogen-bond donors (Lipinski definition) is 1. The third-order valence-corrected chi connectivity index (χ3v) is 4.58. The number of rotatable bonds is 8. The third kappa shape index (κ3) is 5.01. The molecule has 1 aliphatic heterocycles. The van der Waals surface area contributed by atoms with E-state index in [2.05, 4.69) is 5.32 Å². The largest absolute Gasteiger partial charge is 0.463 e. The molecule has 0 unspecified atom stereocenters. The SMILES string of the molecule is CCOCCCN1C(=S)N[C@@H](c2ccc(F)c(F)c2)C(C(=O)OCC)=C1C. The second kappa shape index (κ2) is 9.75. The van der Waals surface area contributed by atoms with Gasteiger partial charge in [-0.05, 0) is 57.1 Å². The van der Waals surface area contributed by atoms with E-state index in [-0.39, 0.29) is 6.61 Å². The molecule has 8 heteroatoms. The molecule has 0 aliphatic carbocycles. The van der Waals surface area contributed by atoms with E-state index in [4.69, 9.17) is 21.7 Å². The fraction of sp³-hybridized carbons (Fsp3) is 0.474. The molecule has 0 fully saturated rings. The van der Waals surface area contributed by atoms with Crippen LogP contribution in [0.1, 0.15) is 38.8 Å². The van der Waals surface area contributed by atoms with Crippen molar-refractivity contribution in [1.29, 1.82) is 0 Å². The van der Waals surface area contributed by atoms with Crippen LogP contribution in [-0.4, -0.2) is 42.3 Å². The van der Waals surface area contributed by atoms with Crippen LogP contribution in [0.2, 0.25) is 0 Å². The summed E-state index contributed by atoms with van der Waals surface area (Å²) in [7, 11) is 0. The van der Waals surface area contributed by atoms with Crippen molar-refractivity contribution < 1.29 is 23.0 Å². The Balaban J connectivity index is 2.38. The lowest BCUT2D eigenvalue weighted by atomic mass is 9.94. The van der Waals surface area contributed by atoms with Gasteiger partial charge in [-0.1, -0.05) is 6.07 Å². The van der Waals surface area contributed by atoms with Crippen molar-refractivity contribution in [2.45, 2.75) is 33.2 Å². The van der Waals surface area contributed by atoms with Crippen LogP contribution in [0.4, 0.5) is 8.78 Å². The molecule has 1 N–H and O–H groups in total. The number of esters is 1. The van der Waals surface area contributed by atoms with Gasteiger partial charge in [-0.3, -0.25) is 0 Å². The molecule has 0 saturated carbocycles. The fourth-order valence-electron chi connectivity index (χ4n) is 2.93. The summed E-state index contributed by atoms with van der Waals surface area (Å²) in [5, 5.41) is 3.47. The lowest BCUT2D eigenvalue weighted by Gasteiger charge is -2.37. The Morgan fingerprint density at radius 2 is 2.00 bits per heavy atom. The molecule has 0 saturated heterocycles. The summed E-state index contributed by atoms with van der Waals surface area (Å²) >= 11 is 5.44. The van der Waals surface area contributed by atoms with Gasteiger partial charge in [-0.2, -0.15) is 0 Å². The predicted octanol–water partition coefficient (Wildman–Crippen LogP) is 3.46. The van der Waals surface area contributed by atoms with Crippen LogP contribution in [0.15, 0.2) is 29.5 Å². The maximum atomic E-state index is 13.7. The van der Waals surface area contributed by atoms with Gasteiger partial charge < -0.3 is 19.7 Å². The Morgan fingerprint density at radius 1 is 1.26 bits per heavy atom. The smallest absolute Gasteiger partial charge is 0.338 e. The van der Waals surface area contributed by atoms with Gasteiger partial charge >= 0.3 is 5.97 Å². The lowest BCUT2D eigenvalue weighted by molar-refractivity contribution is -0.139. The molecule has 0 amide bonds. The van der Waals surface area contributed by atoms with Gasteiger partial charge in [0.1, 0.15) is 0 Å². The van der Waals surface area contributed by atoms with Crippen LogP contribution >= 0.6 is 12.2 Å². The summed E-state index contributed by atoms with van der Waals surface area (Å²) in [5.74, 6) is -2.46. The number of carbonyl (C=O) groups is 1. The maximum Gasteiger partial charge on any atom is 0.338 e. The van der Waals surface area contributed by atoms with E-state index < -0.39 is 23.6 Å². The third-order valence-electron chi connectivity index (χ3n) is 4.24. The number of hydrogen-bond acceptors (Lipinski definition) is 4. The van der Waals surface area contributed by atoms with Crippen molar-refractivity contribution >= 4 is 23.3 Å². The van der Waals surface area contributed by atoms with Crippen LogP contribution in [0.5, 0.6) is 0 Å². The predicted molar refractivity (Wildman–Crippen MR) is 102 cm³/mol. The molecule has 27 heavy (non-hydrogen) atoms. The second-order valence-electron chi connectivity index (χ2n) is 5.98. The number of carbonyl (C=O) groups excluding carboxylic acids is 1. The van der Waals surface area contributed by atoms with E-state index in [1.807, 2.05) is 6.92 Å². The summed E-state index contributed by atoms with van der Waals surface area (Å²) in [6, 6.07) is 2.81. The zero-order chi connectivity index (χ0) is 20.0. The minimum absolute atomic E-state index is 0.203. The molecule has 5 nitrogen and oxygen atoms in total. The average Bonchev–Trinajstić information content (AvgIpc) is 2.63. The molecule has 148 valence electrons. The summed E-state index contributed by atoms with van der Waals surface area (Å²) in [5.41, 5.74) is 1.35. The van der Waals surface area contributed by atoms with Crippen molar-refractivity contribution in [3.05, 3.63) is 46.7 Å². The zero-order valence-corrected chi connectivity index (χ0v) is 16.5. The van der Waals surface area contributed by atoms with Gasteiger partial charge in [0.15, 0.2) is 16.7 Å².